The molecule has 4 unspecified atom stereocenters. The van der Waals surface area contributed by atoms with Gasteiger partial charge in [-0.3, -0.25) is 9.59 Å². The summed E-state index contributed by atoms with van der Waals surface area (Å²) < 4.78 is 17.5. The summed E-state index contributed by atoms with van der Waals surface area (Å²) >= 11 is 0. The van der Waals surface area contributed by atoms with Gasteiger partial charge in [0.2, 0.25) is 11.8 Å². The first kappa shape index (κ1) is 33.7. The Labute approximate surface area is 277 Å². The quantitative estimate of drug-likeness (QED) is 0.0905. The van der Waals surface area contributed by atoms with Crippen LogP contribution in [0.4, 0.5) is 0 Å². The molecule has 1 N–H and O–H groups in total. The fraction of sp³-hybridized carbons (Fsp3) is 0.421. The number of hydrogen-bond donors (Lipinski definition) is 1. The van der Waals surface area contributed by atoms with Gasteiger partial charge < -0.3 is 24.4 Å². The number of rotatable bonds is 15. The lowest BCUT2D eigenvalue weighted by molar-refractivity contribution is -0.155. The lowest BCUT2D eigenvalue weighted by atomic mass is 9.82. The Bertz CT molecular complexity index is 1640. The van der Waals surface area contributed by atoms with E-state index in [4.69, 9.17) is 19.2 Å². The van der Waals surface area contributed by atoms with E-state index in [1.54, 1.807) is 32.1 Å². The predicted molar refractivity (Wildman–Crippen MR) is 182 cm³/mol. The van der Waals surface area contributed by atoms with Gasteiger partial charge in [-0.1, -0.05) is 42.5 Å². The van der Waals surface area contributed by atoms with E-state index < -0.39 is 28.9 Å². The van der Waals surface area contributed by atoms with Crippen molar-refractivity contribution in [3.63, 3.8) is 0 Å². The number of hydrogen-bond acceptors (Lipinski definition) is 7. The first-order valence-corrected chi connectivity index (χ1v) is 16.4. The third kappa shape index (κ3) is 6.89. The third-order valence-electron chi connectivity index (χ3n) is 9.43. The number of pyridine rings is 1. The Hall–Kier alpha value is -4.66. The van der Waals surface area contributed by atoms with E-state index in [1.807, 2.05) is 60.7 Å². The Morgan fingerprint density at radius 3 is 2.55 bits per heavy atom. The molecule has 5 rings (SSSR count). The highest BCUT2D eigenvalue weighted by atomic mass is 16.5. The average molecular weight is 640 g/mol. The molecule has 2 amide bonds. The number of carbonyl (C=O) groups excluding carboxylic acids is 3. The summed E-state index contributed by atoms with van der Waals surface area (Å²) in [5.74, 6) is -0.231. The molecule has 2 aliphatic rings. The molecule has 2 aliphatic carbocycles. The Balaban J connectivity index is 1.46. The molecule has 248 valence electrons. The van der Waals surface area contributed by atoms with Crippen LogP contribution in [0.3, 0.4) is 0 Å². The molecule has 0 aliphatic heterocycles. The standard InChI is InChI=1S/C38H45N3O6/c1-6-9-10-14-21-41(4)35(43)37(34(42)40-38(24-27(38)7-2)36(44)46-8-3)20-19-29(25-37)47-33-23-31(26-15-12-11-13-16-26)39-32-22-28(45-5)17-18-30(32)33/h6-7,11-13,15-18,22-23,27,29H,1-2,8-10,14,19-21,24-25H2,3-5H3,(H,40,42). The van der Waals surface area contributed by atoms with Crippen LogP contribution in [0.1, 0.15) is 51.9 Å². The van der Waals surface area contributed by atoms with E-state index in [0.29, 0.717) is 36.4 Å². The molecule has 1 aromatic heterocycles. The molecule has 0 bridgehead atoms. The first-order chi connectivity index (χ1) is 22.7. The van der Waals surface area contributed by atoms with Gasteiger partial charge >= 0.3 is 5.97 Å². The number of benzene rings is 2. The summed E-state index contributed by atoms with van der Waals surface area (Å²) in [6, 6.07) is 17.4. The van der Waals surface area contributed by atoms with Crippen molar-refractivity contribution < 1.29 is 28.6 Å². The molecule has 1 heterocycles. The fourth-order valence-corrected chi connectivity index (χ4v) is 6.62. The van der Waals surface area contributed by atoms with Crippen molar-refractivity contribution in [3.8, 4) is 22.8 Å². The molecule has 9 heteroatoms. The molecule has 3 aromatic rings. The van der Waals surface area contributed by atoms with Gasteiger partial charge in [0.05, 0.1) is 24.9 Å². The van der Waals surface area contributed by atoms with Crippen LogP contribution in [-0.4, -0.2) is 66.6 Å². The van der Waals surface area contributed by atoms with Gasteiger partial charge in [-0.15, -0.1) is 13.2 Å². The van der Waals surface area contributed by atoms with Gasteiger partial charge in [0.15, 0.2) is 0 Å². The predicted octanol–water partition coefficient (Wildman–Crippen LogP) is 6.27. The number of esters is 1. The summed E-state index contributed by atoms with van der Waals surface area (Å²) in [5, 5.41) is 3.78. The van der Waals surface area contributed by atoms with Gasteiger partial charge in [0.1, 0.15) is 28.6 Å². The van der Waals surface area contributed by atoms with Crippen LogP contribution in [0.25, 0.3) is 22.2 Å². The number of fused-ring (bicyclic) bond motifs is 1. The van der Waals surface area contributed by atoms with Crippen molar-refractivity contribution >= 4 is 28.7 Å². The summed E-state index contributed by atoms with van der Waals surface area (Å²) in [5.41, 5.74) is -0.257. The highest BCUT2D eigenvalue weighted by Gasteiger charge is 2.64. The lowest BCUT2D eigenvalue weighted by Crippen LogP contribution is -2.56. The number of carbonyl (C=O) groups is 3. The molecule has 4 atom stereocenters. The van der Waals surface area contributed by atoms with Gasteiger partial charge in [-0.25, -0.2) is 9.78 Å². The van der Waals surface area contributed by atoms with Crippen LogP contribution in [0.15, 0.2) is 79.9 Å². The molecule has 2 aromatic carbocycles. The molecular formula is C38H45N3O6. The highest BCUT2D eigenvalue weighted by molar-refractivity contribution is 6.07. The molecule has 0 radical (unpaired) electrons. The van der Waals surface area contributed by atoms with E-state index in [-0.39, 0.29) is 31.3 Å². The molecule has 9 nitrogen and oxygen atoms in total. The largest absolute Gasteiger partial charge is 0.497 e. The second-order valence-corrected chi connectivity index (χ2v) is 12.5. The molecular weight excluding hydrogens is 594 g/mol. The number of methoxy groups -OCH3 is 1. The number of aromatic nitrogens is 1. The summed E-state index contributed by atoms with van der Waals surface area (Å²) in [4.78, 5) is 48.2. The third-order valence-corrected chi connectivity index (χ3v) is 9.43. The summed E-state index contributed by atoms with van der Waals surface area (Å²) in [6.07, 6.45) is 6.90. The van der Waals surface area contributed by atoms with Gasteiger partial charge in [0.25, 0.3) is 0 Å². The topological polar surface area (TPSA) is 107 Å². The Morgan fingerprint density at radius 2 is 1.87 bits per heavy atom. The van der Waals surface area contributed by atoms with Crippen molar-refractivity contribution in [1.82, 2.24) is 15.2 Å². The average Bonchev–Trinajstić information content (AvgIpc) is 3.65. The Kier molecular flexibility index (Phi) is 10.3. The van der Waals surface area contributed by atoms with Crippen LogP contribution < -0.4 is 14.8 Å². The van der Waals surface area contributed by atoms with Gasteiger partial charge in [-0.05, 0) is 57.6 Å². The SMILES string of the molecule is C=CCCCCN(C)C(=O)C1(C(=O)NC2(C(=O)OCC)CC2C=C)CCC(Oc2cc(-c3ccccc3)nc3cc(OC)ccc23)C1. The van der Waals surface area contributed by atoms with Crippen molar-refractivity contribution in [1.29, 1.82) is 0 Å². The normalized spacial score (nSPS) is 23.0. The molecule has 2 saturated carbocycles. The fourth-order valence-electron chi connectivity index (χ4n) is 6.62. The maximum absolute atomic E-state index is 14.3. The van der Waals surface area contributed by atoms with E-state index >= 15 is 0 Å². The monoisotopic (exact) mass is 639 g/mol. The number of amides is 2. The maximum Gasteiger partial charge on any atom is 0.332 e. The van der Waals surface area contributed by atoms with Crippen molar-refractivity contribution in [2.75, 3.05) is 27.3 Å². The first-order valence-electron chi connectivity index (χ1n) is 16.4. The van der Waals surface area contributed by atoms with E-state index in [0.717, 1.165) is 35.9 Å². The number of ether oxygens (including phenoxy) is 3. The lowest BCUT2D eigenvalue weighted by Gasteiger charge is -2.33. The summed E-state index contributed by atoms with van der Waals surface area (Å²) in [7, 11) is 3.35. The van der Waals surface area contributed by atoms with E-state index in [9.17, 15) is 14.4 Å². The minimum Gasteiger partial charge on any atom is -0.497 e. The minimum atomic E-state index is -1.42. The number of allylic oxidation sites excluding steroid dienone is 1. The zero-order chi connectivity index (χ0) is 33.6. The van der Waals surface area contributed by atoms with Crippen molar-refractivity contribution in [3.05, 3.63) is 79.9 Å². The second kappa shape index (κ2) is 14.4. The zero-order valence-corrected chi connectivity index (χ0v) is 27.6. The number of unbranched alkanes of at least 4 members (excludes halogenated alkanes) is 2. The van der Waals surface area contributed by atoms with Crippen LogP contribution >= 0.6 is 0 Å². The zero-order valence-electron chi connectivity index (χ0n) is 27.6. The van der Waals surface area contributed by atoms with E-state index in [1.165, 1.54) is 0 Å². The van der Waals surface area contributed by atoms with Crippen molar-refractivity contribution in [2.24, 2.45) is 11.3 Å². The number of nitrogens with one attached hydrogen (secondary N) is 1. The van der Waals surface area contributed by atoms with Crippen LogP contribution in [0.5, 0.6) is 11.5 Å². The second-order valence-electron chi connectivity index (χ2n) is 12.5. The van der Waals surface area contributed by atoms with Crippen LogP contribution in [-0.2, 0) is 19.1 Å². The smallest absolute Gasteiger partial charge is 0.332 e. The minimum absolute atomic E-state index is 0.160. The van der Waals surface area contributed by atoms with Crippen LogP contribution in [0.2, 0.25) is 0 Å². The van der Waals surface area contributed by atoms with Gasteiger partial charge in [-0.2, -0.15) is 0 Å². The Morgan fingerprint density at radius 1 is 1.09 bits per heavy atom. The molecule has 2 fully saturated rings. The van der Waals surface area contributed by atoms with Crippen molar-refractivity contribution in [2.45, 2.75) is 63.5 Å². The summed E-state index contributed by atoms with van der Waals surface area (Å²) in [6.45, 7) is 10.0. The molecule has 47 heavy (non-hydrogen) atoms. The highest BCUT2D eigenvalue weighted by Crippen LogP contribution is 2.49. The van der Waals surface area contributed by atoms with E-state index in [2.05, 4.69) is 18.5 Å². The number of nitrogens with zero attached hydrogens (tertiary/aromatic N) is 2. The van der Waals surface area contributed by atoms with Crippen LogP contribution in [0, 0.1) is 11.3 Å². The van der Waals surface area contributed by atoms with Gasteiger partial charge in [0, 0.05) is 49.0 Å². The maximum atomic E-state index is 14.3. The molecule has 0 saturated heterocycles. The molecule has 0 spiro atoms.